The van der Waals surface area contributed by atoms with Gasteiger partial charge in [-0.2, -0.15) is 0 Å². The molecule has 6 aromatic rings. The maximum absolute atomic E-state index is 14.1. The summed E-state index contributed by atoms with van der Waals surface area (Å²) in [6.07, 6.45) is -2.26. The van der Waals surface area contributed by atoms with Crippen LogP contribution in [-0.4, -0.2) is 3.21 Å². The first kappa shape index (κ1) is 49.7. The Morgan fingerprint density at radius 3 is 1.20 bits per heavy atom. The van der Waals surface area contributed by atoms with Crippen LogP contribution in [-0.2, 0) is 44.4 Å². The third-order valence-corrected chi connectivity index (χ3v) is 20.7. The van der Waals surface area contributed by atoms with Crippen molar-refractivity contribution in [1.29, 1.82) is 0 Å². The van der Waals surface area contributed by atoms with Crippen LogP contribution < -0.4 is 24.8 Å². The maximum Gasteiger partial charge on any atom is -1.00 e. The van der Waals surface area contributed by atoms with Crippen molar-refractivity contribution < 1.29 is 72.4 Å². The Kier molecular flexibility index (Phi) is 14.4. The van der Waals surface area contributed by atoms with Crippen molar-refractivity contribution >= 4 is 26.4 Å². The zero-order valence-electron chi connectivity index (χ0n) is 35.8. The van der Waals surface area contributed by atoms with Gasteiger partial charge in [0.1, 0.15) is 0 Å². The van der Waals surface area contributed by atoms with Gasteiger partial charge >= 0.3 is 380 Å². The molecule has 0 N–H and O–H groups in total. The normalized spacial score (nSPS) is 13.6. The van der Waals surface area contributed by atoms with Crippen LogP contribution in [0.1, 0.15) is 96.1 Å². The van der Waals surface area contributed by atoms with Crippen LogP contribution >= 0.6 is 23.2 Å². The van der Waals surface area contributed by atoms with Gasteiger partial charge in [0.15, 0.2) is 0 Å². The van der Waals surface area contributed by atoms with Gasteiger partial charge in [0, 0.05) is 0 Å². The monoisotopic (exact) mass is 1020 g/mol. The molecule has 0 saturated heterocycles. The minimum absolute atomic E-state index is 0. The predicted octanol–water partition coefficient (Wildman–Crippen LogP) is 10.8. The number of hydrogen-bond donors (Lipinski definition) is 0. The van der Waals surface area contributed by atoms with E-state index in [4.69, 9.17) is 23.2 Å². The van der Waals surface area contributed by atoms with E-state index in [0.717, 1.165) is 83.1 Å². The van der Waals surface area contributed by atoms with Crippen molar-refractivity contribution in [3.05, 3.63) is 197 Å². The zero-order chi connectivity index (χ0) is 44.5. The van der Waals surface area contributed by atoms with Crippen LogP contribution in [0.4, 0.5) is 26.3 Å². The Hall–Kier alpha value is -3.71. The van der Waals surface area contributed by atoms with Crippen LogP contribution in [0, 0.1) is 0 Å². The Morgan fingerprint density at radius 2 is 0.891 bits per heavy atom. The summed E-state index contributed by atoms with van der Waals surface area (Å²) in [5.41, 5.74) is 9.75. The van der Waals surface area contributed by atoms with Gasteiger partial charge in [-0.3, -0.25) is 0 Å². The Morgan fingerprint density at radius 1 is 0.516 bits per heavy atom. The summed E-state index contributed by atoms with van der Waals surface area (Å²) in [6.45, 7) is 13.2. The van der Waals surface area contributed by atoms with E-state index >= 15 is 0 Å². The minimum atomic E-state index is -4.57. The standard InChI is InChI=1S/C33H31Cl2.C15H8F6.C5H5.2ClH.Zr/c1-32(2,3)30-18-26-22(16-28(30)20-7-11-24(34)12-8-20)15-23-17-29(21-9-13-25(35)14-10-21)31(19-27(23)26)33(4,5)6;16-14(17,18)12-5-1-10(2-6-12)9-11-3-7-13(8-4-11)15(19,20)21;1-2-4-5-3-1;;;/h7-19H,1-6H3;1-8H;1-3H,4H2;2*1H;/q;;;;;+2/p-2. The van der Waals surface area contributed by atoms with Gasteiger partial charge < -0.3 is 24.8 Å². The van der Waals surface area contributed by atoms with Gasteiger partial charge in [0.05, 0.1) is 0 Å². The second kappa shape index (κ2) is 18.5. The largest absolute Gasteiger partial charge is 1.00 e. The van der Waals surface area contributed by atoms with Crippen molar-refractivity contribution in [1.82, 2.24) is 0 Å². The summed E-state index contributed by atoms with van der Waals surface area (Å²) in [4.78, 5) is 0. The molecule has 0 unspecified atom stereocenters. The summed E-state index contributed by atoms with van der Waals surface area (Å²) in [5.74, 6) is 0. The summed E-state index contributed by atoms with van der Waals surface area (Å²) in [5, 5.41) is 1.23. The fourth-order valence-corrected chi connectivity index (χ4v) is 18.1. The van der Waals surface area contributed by atoms with Gasteiger partial charge in [-0.15, -0.1) is 0 Å². The molecule has 0 heterocycles. The first-order valence-electron chi connectivity index (χ1n) is 20.4. The molecule has 0 aliphatic heterocycles. The second-order valence-corrected chi connectivity index (χ2v) is 25.3. The third-order valence-electron chi connectivity index (χ3n) is 11.9. The number of alkyl halides is 6. The van der Waals surface area contributed by atoms with Crippen molar-refractivity contribution in [3.63, 3.8) is 0 Å². The predicted molar refractivity (Wildman–Crippen MR) is 240 cm³/mol. The smallest absolute Gasteiger partial charge is 1.00 e. The average Bonchev–Trinajstić information content (AvgIpc) is 3.85. The number of fused-ring (bicyclic) bond motifs is 3. The van der Waals surface area contributed by atoms with Crippen molar-refractivity contribution in [2.24, 2.45) is 0 Å². The molecule has 0 atom stereocenters. The third kappa shape index (κ3) is 9.86. The molecule has 0 aromatic heterocycles. The molecule has 8 rings (SSSR count). The number of rotatable bonds is 6. The molecule has 6 aromatic carbocycles. The molecule has 11 heteroatoms. The van der Waals surface area contributed by atoms with Crippen LogP contribution in [0.2, 0.25) is 10.0 Å². The molecule has 2 aliphatic carbocycles. The SMILES string of the molecule is CC(C)(C)c1cc2c(cc1-c1ccc(Cl)cc1)[CH]([Zr+2]([C]1=CC=CC1)=[C](c1ccc(C(F)(F)F)cc1)c1ccc(C(F)(F)F)cc1)c1cc(-c3ccc(Cl)cc3)c(C(C)(C)C)cc1-2.[Cl-].[Cl-]. The summed E-state index contributed by atoms with van der Waals surface area (Å²) in [6, 6.07) is 35.2. The topological polar surface area (TPSA) is 0 Å². The Labute approximate surface area is 401 Å². The van der Waals surface area contributed by atoms with Crippen LogP contribution in [0.3, 0.4) is 0 Å². The van der Waals surface area contributed by atoms with E-state index in [9.17, 15) is 26.3 Å². The van der Waals surface area contributed by atoms with E-state index in [-0.39, 0.29) is 39.3 Å². The number of allylic oxidation sites excluding steroid dienone is 4. The quantitative estimate of drug-likeness (QED) is 0.146. The average molecular weight is 1030 g/mol. The van der Waals surface area contributed by atoms with Gasteiger partial charge in [0.25, 0.3) is 0 Å². The van der Waals surface area contributed by atoms with Gasteiger partial charge in [-0.05, 0) is 0 Å². The van der Waals surface area contributed by atoms with E-state index in [1.807, 2.05) is 54.6 Å². The van der Waals surface area contributed by atoms with Gasteiger partial charge in [0.2, 0.25) is 0 Å². The summed E-state index contributed by atoms with van der Waals surface area (Å²) < 4.78 is 86.3. The molecule has 330 valence electrons. The molecule has 64 heavy (non-hydrogen) atoms. The van der Waals surface area contributed by atoms with Crippen molar-refractivity contribution in [3.8, 4) is 33.4 Å². The molecule has 2 aliphatic rings. The molecule has 0 amide bonds. The fourth-order valence-electron chi connectivity index (χ4n) is 8.90. The minimum Gasteiger partial charge on any atom is -1.00 e. The maximum atomic E-state index is 14.1. The fraction of sp³-hybridized carbons (Fsp3) is 0.226. The Balaban J connectivity index is 0.00000340. The molecule has 0 saturated carbocycles. The number of benzene rings is 6. The molecule has 0 radical (unpaired) electrons. The molecule has 0 bridgehead atoms. The van der Waals surface area contributed by atoms with Gasteiger partial charge in [-0.25, -0.2) is 0 Å². The number of halogens is 10. The van der Waals surface area contributed by atoms with E-state index in [1.165, 1.54) is 27.5 Å². The second-order valence-electron chi connectivity index (χ2n) is 18.2. The molecule has 0 spiro atoms. The van der Waals surface area contributed by atoms with E-state index in [2.05, 4.69) is 78.0 Å². The zero-order valence-corrected chi connectivity index (χ0v) is 41.3. The first-order chi connectivity index (χ1) is 29.1. The van der Waals surface area contributed by atoms with E-state index in [0.29, 0.717) is 27.6 Å². The molecular formula is C53H44Cl4F6Zr. The van der Waals surface area contributed by atoms with E-state index < -0.39 is 44.7 Å². The first-order valence-corrected chi connectivity index (χ1v) is 25.1. The summed E-state index contributed by atoms with van der Waals surface area (Å²) >= 11 is 9.19. The number of hydrogen-bond acceptors (Lipinski definition) is 0. The molecular weight excluding hydrogens is 984 g/mol. The summed E-state index contributed by atoms with van der Waals surface area (Å²) in [7, 11) is 0. The van der Waals surface area contributed by atoms with Crippen LogP contribution in [0.15, 0.2) is 143 Å². The van der Waals surface area contributed by atoms with Gasteiger partial charge in [-0.1, -0.05) is 0 Å². The molecule has 0 nitrogen and oxygen atoms in total. The van der Waals surface area contributed by atoms with Crippen LogP contribution in [0.5, 0.6) is 0 Å². The van der Waals surface area contributed by atoms with Crippen LogP contribution in [0.25, 0.3) is 33.4 Å². The van der Waals surface area contributed by atoms with E-state index in [1.54, 1.807) is 0 Å². The Bertz CT molecular complexity index is 2610. The van der Waals surface area contributed by atoms with Crippen molar-refractivity contribution in [2.75, 3.05) is 0 Å². The van der Waals surface area contributed by atoms with Crippen molar-refractivity contribution in [2.45, 2.75) is 74.8 Å². The molecule has 0 fully saturated rings.